The number of hydrogen-bond donors (Lipinski definition) is 1. The molecule has 0 radical (unpaired) electrons. The SMILES string of the molecule is CCc1ccccc1NC(c1cccs1)C1CCCC1. The highest BCUT2D eigenvalue weighted by atomic mass is 32.1. The zero-order valence-corrected chi connectivity index (χ0v) is 13.0. The Hall–Kier alpha value is -1.28. The molecule has 106 valence electrons. The van der Waals surface area contributed by atoms with Gasteiger partial charge in [0, 0.05) is 10.6 Å². The van der Waals surface area contributed by atoms with Crippen molar-refractivity contribution in [3.8, 4) is 0 Å². The fourth-order valence-electron chi connectivity index (χ4n) is 3.32. The summed E-state index contributed by atoms with van der Waals surface area (Å²) in [6.45, 7) is 2.23. The van der Waals surface area contributed by atoms with Crippen molar-refractivity contribution in [2.24, 2.45) is 5.92 Å². The van der Waals surface area contributed by atoms with Gasteiger partial charge in [0.15, 0.2) is 0 Å². The Morgan fingerprint density at radius 3 is 2.65 bits per heavy atom. The summed E-state index contributed by atoms with van der Waals surface area (Å²) in [5.74, 6) is 0.790. The molecular weight excluding hydrogens is 262 g/mol. The van der Waals surface area contributed by atoms with Crippen molar-refractivity contribution in [2.45, 2.75) is 45.1 Å². The molecule has 0 spiro atoms. The van der Waals surface area contributed by atoms with Gasteiger partial charge in [-0.2, -0.15) is 0 Å². The van der Waals surface area contributed by atoms with Gasteiger partial charge in [0.2, 0.25) is 0 Å². The van der Waals surface area contributed by atoms with Crippen molar-refractivity contribution in [3.05, 3.63) is 52.2 Å². The lowest BCUT2D eigenvalue weighted by Gasteiger charge is -2.26. The monoisotopic (exact) mass is 285 g/mol. The van der Waals surface area contributed by atoms with E-state index >= 15 is 0 Å². The third-order valence-corrected chi connectivity index (χ3v) is 5.39. The molecule has 2 aromatic rings. The van der Waals surface area contributed by atoms with E-state index < -0.39 is 0 Å². The molecule has 2 heteroatoms. The van der Waals surface area contributed by atoms with Gasteiger partial charge in [0.1, 0.15) is 0 Å². The average Bonchev–Trinajstić information content (AvgIpc) is 3.18. The second-order valence-electron chi connectivity index (χ2n) is 5.69. The quantitative estimate of drug-likeness (QED) is 0.748. The first-order chi connectivity index (χ1) is 9.88. The summed E-state index contributed by atoms with van der Waals surface area (Å²) < 4.78 is 0. The summed E-state index contributed by atoms with van der Waals surface area (Å²) in [6, 6.07) is 13.7. The zero-order chi connectivity index (χ0) is 13.8. The number of para-hydroxylation sites is 1. The lowest BCUT2D eigenvalue weighted by molar-refractivity contribution is 0.475. The van der Waals surface area contributed by atoms with Crippen molar-refractivity contribution >= 4 is 17.0 Å². The molecule has 1 aliphatic rings. The Kier molecular flexibility index (Phi) is 4.41. The molecule has 1 N–H and O–H groups in total. The van der Waals surface area contributed by atoms with Gasteiger partial charge in [-0.3, -0.25) is 0 Å². The normalized spacial score (nSPS) is 17.2. The van der Waals surface area contributed by atoms with Gasteiger partial charge < -0.3 is 5.32 Å². The molecule has 0 bridgehead atoms. The van der Waals surface area contributed by atoms with E-state index in [1.165, 1.54) is 41.8 Å². The first kappa shape index (κ1) is 13.7. The molecule has 1 aliphatic carbocycles. The molecule has 1 nitrogen and oxygen atoms in total. The van der Waals surface area contributed by atoms with Crippen molar-refractivity contribution < 1.29 is 0 Å². The van der Waals surface area contributed by atoms with Crippen LogP contribution in [0.4, 0.5) is 5.69 Å². The predicted octanol–water partition coefficient (Wildman–Crippen LogP) is 5.65. The molecule has 1 heterocycles. The van der Waals surface area contributed by atoms with Crippen LogP contribution in [0.15, 0.2) is 41.8 Å². The number of rotatable bonds is 5. The van der Waals surface area contributed by atoms with E-state index in [0.29, 0.717) is 6.04 Å². The summed E-state index contributed by atoms with van der Waals surface area (Å²) >= 11 is 1.89. The smallest absolute Gasteiger partial charge is 0.0634 e. The maximum Gasteiger partial charge on any atom is 0.0634 e. The molecule has 1 aromatic heterocycles. The van der Waals surface area contributed by atoms with E-state index in [4.69, 9.17) is 0 Å². The van der Waals surface area contributed by atoms with E-state index in [1.807, 2.05) is 11.3 Å². The highest BCUT2D eigenvalue weighted by Gasteiger charge is 2.27. The van der Waals surface area contributed by atoms with Crippen LogP contribution >= 0.6 is 11.3 Å². The molecule has 20 heavy (non-hydrogen) atoms. The van der Waals surface area contributed by atoms with Gasteiger partial charge in [-0.05, 0) is 48.3 Å². The number of nitrogens with one attached hydrogen (secondary N) is 1. The lowest BCUT2D eigenvalue weighted by atomic mass is 9.96. The summed E-state index contributed by atoms with van der Waals surface area (Å²) in [6.07, 6.45) is 6.60. The topological polar surface area (TPSA) is 12.0 Å². The molecule has 0 saturated heterocycles. The molecule has 0 aliphatic heterocycles. The van der Waals surface area contributed by atoms with E-state index in [9.17, 15) is 0 Å². The molecule has 0 amide bonds. The fourth-order valence-corrected chi connectivity index (χ4v) is 4.19. The van der Waals surface area contributed by atoms with Crippen molar-refractivity contribution in [3.63, 3.8) is 0 Å². The number of anilines is 1. The third-order valence-electron chi connectivity index (χ3n) is 4.43. The van der Waals surface area contributed by atoms with Crippen LogP contribution in [0, 0.1) is 5.92 Å². The minimum Gasteiger partial charge on any atom is -0.377 e. The fraction of sp³-hybridized carbons (Fsp3) is 0.444. The van der Waals surface area contributed by atoms with Gasteiger partial charge in [0.25, 0.3) is 0 Å². The van der Waals surface area contributed by atoms with Crippen LogP contribution in [-0.4, -0.2) is 0 Å². The van der Waals surface area contributed by atoms with Crippen LogP contribution < -0.4 is 5.32 Å². The highest BCUT2D eigenvalue weighted by Crippen LogP contribution is 2.39. The molecule has 3 rings (SSSR count). The van der Waals surface area contributed by atoms with Crippen LogP contribution in [0.25, 0.3) is 0 Å². The molecular formula is C18H23NS. The van der Waals surface area contributed by atoms with Crippen molar-refractivity contribution in [1.29, 1.82) is 0 Å². The molecule has 1 saturated carbocycles. The van der Waals surface area contributed by atoms with Gasteiger partial charge in [-0.1, -0.05) is 44.0 Å². The van der Waals surface area contributed by atoms with E-state index in [0.717, 1.165) is 12.3 Å². The van der Waals surface area contributed by atoms with Crippen LogP contribution in [0.5, 0.6) is 0 Å². The molecule has 1 aromatic carbocycles. The Bertz CT molecular complexity index is 526. The predicted molar refractivity (Wildman–Crippen MR) is 88.5 cm³/mol. The number of hydrogen-bond acceptors (Lipinski definition) is 2. The Morgan fingerprint density at radius 1 is 1.15 bits per heavy atom. The largest absolute Gasteiger partial charge is 0.377 e. The van der Waals surface area contributed by atoms with E-state index in [1.54, 1.807) is 0 Å². The second-order valence-corrected chi connectivity index (χ2v) is 6.67. The Labute approximate surface area is 126 Å². The maximum atomic E-state index is 3.85. The summed E-state index contributed by atoms with van der Waals surface area (Å²) in [7, 11) is 0. The van der Waals surface area contributed by atoms with E-state index in [-0.39, 0.29) is 0 Å². The summed E-state index contributed by atoms with van der Waals surface area (Å²) in [4.78, 5) is 1.49. The first-order valence-corrected chi connectivity index (χ1v) is 8.64. The maximum absolute atomic E-state index is 3.85. The third kappa shape index (κ3) is 2.90. The minimum atomic E-state index is 0.491. The molecule has 1 atom stereocenters. The van der Waals surface area contributed by atoms with Gasteiger partial charge in [0.05, 0.1) is 6.04 Å². The second kappa shape index (κ2) is 6.45. The average molecular weight is 285 g/mol. The highest BCUT2D eigenvalue weighted by molar-refractivity contribution is 7.10. The number of aryl methyl sites for hydroxylation is 1. The first-order valence-electron chi connectivity index (χ1n) is 7.76. The van der Waals surface area contributed by atoms with Crippen molar-refractivity contribution in [2.75, 3.05) is 5.32 Å². The van der Waals surface area contributed by atoms with Gasteiger partial charge >= 0.3 is 0 Å². The Morgan fingerprint density at radius 2 is 1.95 bits per heavy atom. The van der Waals surface area contributed by atoms with Crippen LogP contribution in [0.1, 0.15) is 49.1 Å². The standard InChI is InChI=1S/C18H23NS/c1-2-14-8-5-6-11-16(14)19-18(15-9-3-4-10-15)17-12-7-13-20-17/h5-8,11-13,15,18-19H,2-4,9-10H2,1H3. The summed E-state index contributed by atoms with van der Waals surface area (Å²) in [5.41, 5.74) is 2.74. The van der Waals surface area contributed by atoms with Crippen LogP contribution in [-0.2, 0) is 6.42 Å². The van der Waals surface area contributed by atoms with Crippen molar-refractivity contribution in [1.82, 2.24) is 0 Å². The van der Waals surface area contributed by atoms with Gasteiger partial charge in [-0.25, -0.2) is 0 Å². The summed E-state index contributed by atoms with van der Waals surface area (Å²) in [5, 5.41) is 6.05. The molecule has 1 unspecified atom stereocenters. The van der Waals surface area contributed by atoms with E-state index in [2.05, 4.69) is 54.0 Å². The number of thiophene rings is 1. The lowest BCUT2D eigenvalue weighted by Crippen LogP contribution is -2.18. The zero-order valence-electron chi connectivity index (χ0n) is 12.1. The van der Waals surface area contributed by atoms with Crippen LogP contribution in [0.3, 0.4) is 0 Å². The Balaban J connectivity index is 1.86. The van der Waals surface area contributed by atoms with Gasteiger partial charge in [-0.15, -0.1) is 11.3 Å². The van der Waals surface area contributed by atoms with Crippen LogP contribution in [0.2, 0.25) is 0 Å². The minimum absolute atomic E-state index is 0.491. The number of benzene rings is 1. The molecule has 1 fully saturated rings.